The number of hydrogen-bond donors (Lipinski definition) is 0. The van der Waals surface area contributed by atoms with Gasteiger partial charge in [-0.2, -0.15) is 0 Å². The van der Waals surface area contributed by atoms with Gasteiger partial charge in [0.25, 0.3) is 0 Å². The van der Waals surface area contributed by atoms with Crippen molar-refractivity contribution >= 4 is 27.8 Å². The van der Waals surface area contributed by atoms with Crippen LogP contribution in [0.15, 0.2) is 212 Å². The van der Waals surface area contributed by atoms with Gasteiger partial charge in [0.15, 0.2) is 0 Å². The largest absolute Gasteiger partial charge is 0.310 e. The quantitative estimate of drug-likeness (QED) is 0.159. The molecule has 1 nitrogen and oxygen atoms in total. The van der Waals surface area contributed by atoms with Crippen LogP contribution in [0.5, 0.6) is 0 Å². The van der Waals surface area contributed by atoms with E-state index in [1.54, 1.807) is 0 Å². The predicted molar refractivity (Wildman–Crippen MR) is 238 cm³/mol. The molecule has 0 N–H and O–H groups in total. The molecule has 0 bridgehead atoms. The average Bonchev–Trinajstić information content (AvgIpc) is 3.49. The highest BCUT2D eigenvalue weighted by molar-refractivity contribution is 5.98. The zero-order chi connectivity index (χ0) is 37.6. The number of fused-ring (bicyclic) bond motifs is 4. The third kappa shape index (κ3) is 5.81. The molecule has 0 atom stereocenters. The van der Waals surface area contributed by atoms with E-state index < -0.39 is 0 Å². The highest BCUT2D eigenvalue weighted by atomic mass is 15.1. The molecule has 0 aromatic heterocycles. The first kappa shape index (κ1) is 33.6. The smallest absolute Gasteiger partial charge is 0.0468 e. The van der Waals surface area contributed by atoms with Gasteiger partial charge in [-0.25, -0.2) is 0 Å². The molecule has 1 heteroatoms. The lowest BCUT2D eigenvalue weighted by Crippen LogP contribution is -2.15. The highest BCUT2D eigenvalue weighted by Crippen LogP contribution is 2.54. The Morgan fingerprint density at radius 3 is 1.48 bits per heavy atom. The van der Waals surface area contributed by atoms with Gasteiger partial charge < -0.3 is 4.90 Å². The van der Waals surface area contributed by atoms with Crippen molar-refractivity contribution < 1.29 is 0 Å². The predicted octanol–water partition coefficient (Wildman–Crippen LogP) is 15.3. The van der Waals surface area contributed by atoms with E-state index in [9.17, 15) is 0 Å². The van der Waals surface area contributed by atoms with E-state index in [1.807, 2.05) is 0 Å². The second-order valence-corrected chi connectivity index (χ2v) is 15.4. The molecule has 0 heterocycles. The molecule has 1 aliphatic rings. The maximum absolute atomic E-state index is 2.48. The average molecular weight is 716 g/mol. The summed E-state index contributed by atoms with van der Waals surface area (Å²) in [6, 6.07) is 77.5. The van der Waals surface area contributed by atoms with Crippen molar-refractivity contribution in [3.05, 3.63) is 223 Å². The summed E-state index contributed by atoms with van der Waals surface area (Å²) in [6.45, 7) is 4.76. The van der Waals surface area contributed by atoms with Crippen LogP contribution in [0.1, 0.15) is 25.0 Å². The highest BCUT2D eigenvalue weighted by Gasteiger charge is 2.38. The molecule has 10 rings (SSSR count). The molecule has 56 heavy (non-hydrogen) atoms. The molecule has 0 fully saturated rings. The third-order valence-electron chi connectivity index (χ3n) is 11.6. The topological polar surface area (TPSA) is 3.24 Å². The number of benzene rings is 9. The van der Waals surface area contributed by atoms with Gasteiger partial charge in [0, 0.05) is 22.5 Å². The van der Waals surface area contributed by atoms with Gasteiger partial charge in [-0.15, -0.1) is 0 Å². The Morgan fingerprint density at radius 1 is 0.304 bits per heavy atom. The van der Waals surface area contributed by atoms with Crippen molar-refractivity contribution in [3.63, 3.8) is 0 Å². The van der Waals surface area contributed by atoms with Crippen molar-refractivity contribution in [1.29, 1.82) is 0 Å². The van der Waals surface area contributed by atoms with Gasteiger partial charge in [0.2, 0.25) is 0 Å². The number of para-hydroxylation sites is 1. The van der Waals surface area contributed by atoms with Crippen LogP contribution in [-0.2, 0) is 5.41 Å². The Labute approximate surface area is 329 Å². The molecule has 0 saturated heterocycles. The summed E-state index contributed by atoms with van der Waals surface area (Å²) in [7, 11) is 0. The van der Waals surface area contributed by atoms with Crippen molar-refractivity contribution in [2.75, 3.05) is 4.90 Å². The van der Waals surface area contributed by atoms with Gasteiger partial charge in [-0.1, -0.05) is 172 Å². The first-order valence-corrected chi connectivity index (χ1v) is 19.5. The maximum Gasteiger partial charge on any atom is 0.0468 e. The standard InChI is InChI=1S/C55H41N/c1-55(2)52-25-15-24-48(39-18-9-4-10-19-39)54(52)51-36-49(40-20-11-5-12-21-40)50(37-53(51)55)41-28-31-46(32-29-41)56(45-22-13-6-14-23-45)47-33-30-43-34-42(26-27-44(43)35-47)38-16-7-3-8-17-38/h3-37H,1-2H3. The van der Waals surface area contributed by atoms with Crippen molar-refractivity contribution in [1.82, 2.24) is 0 Å². The van der Waals surface area contributed by atoms with Gasteiger partial charge in [0.1, 0.15) is 0 Å². The summed E-state index contributed by atoms with van der Waals surface area (Å²) in [5, 5.41) is 2.44. The fourth-order valence-corrected chi connectivity index (χ4v) is 8.78. The molecule has 0 amide bonds. The Hall–Kier alpha value is -6.96. The van der Waals surface area contributed by atoms with E-state index in [2.05, 4.69) is 231 Å². The van der Waals surface area contributed by atoms with E-state index >= 15 is 0 Å². The van der Waals surface area contributed by atoms with Gasteiger partial charge in [-0.3, -0.25) is 0 Å². The lowest BCUT2D eigenvalue weighted by atomic mass is 9.80. The van der Waals surface area contributed by atoms with Crippen LogP contribution in [0.25, 0.3) is 66.4 Å². The van der Waals surface area contributed by atoms with Gasteiger partial charge in [-0.05, 0) is 132 Å². The Balaban J connectivity index is 1.09. The van der Waals surface area contributed by atoms with Gasteiger partial charge in [0.05, 0.1) is 0 Å². The minimum atomic E-state index is -0.151. The molecule has 9 aromatic carbocycles. The normalized spacial score (nSPS) is 12.6. The lowest BCUT2D eigenvalue weighted by molar-refractivity contribution is 0.661. The van der Waals surface area contributed by atoms with Crippen LogP contribution in [0.4, 0.5) is 17.1 Å². The first-order valence-electron chi connectivity index (χ1n) is 19.5. The van der Waals surface area contributed by atoms with E-state index in [0.29, 0.717) is 0 Å². The summed E-state index contributed by atoms with van der Waals surface area (Å²) >= 11 is 0. The van der Waals surface area contributed by atoms with Crippen LogP contribution < -0.4 is 4.90 Å². The van der Waals surface area contributed by atoms with E-state index in [0.717, 1.165) is 17.1 Å². The molecule has 0 radical (unpaired) electrons. The molecular weight excluding hydrogens is 675 g/mol. The summed E-state index contributed by atoms with van der Waals surface area (Å²) < 4.78 is 0. The number of rotatable bonds is 7. The number of hydrogen-bond acceptors (Lipinski definition) is 1. The van der Waals surface area contributed by atoms with Crippen LogP contribution in [0.3, 0.4) is 0 Å². The summed E-state index contributed by atoms with van der Waals surface area (Å²) in [6.07, 6.45) is 0. The van der Waals surface area contributed by atoms with E-state index in [-0.39, 0.29) is 5.41 Å². The minimum Gasteiger partial charge on any atom is -0.310 e. The molecule has 0 saturated carbocycles. The second kappa shape index (κ2) is 13.7. The number of anilines is 3. The fraction of sp³-hybridized carbons (Fsp3) is 0.0545. The molecular formula is C55H41N. The van der Waals surface area contributed by atoms with E-state index in [1.165, 1.54) is 77.5 Å². The van der Waals surface area contributed by atoms with Crippen LogP contribution in [0, 0.1) is 0 Å². The van der Waals surface area contributed by atoms with Crippen molar-refractivity contribution in [2.24, 2.45) is 0 Å². The first-order chi connectivity index (χ1) is 27.5. The Bertz CT molecular complexity index is 2840. The lowest BCUT2D eigenvalue weighted by Gasteiger charge is -2.26. The van der Waals surface area contributed by atoms with Crippen molar-refractivity contribution in [3.8, 4) is 55.6 Å². The molecule has 266 valence electrons. The van der Waals surface area contributed by atoms with E-state index in [4.69, 9.17) is 0 Å². The third-order valence-corrected chi connectivity index (χ3v) is 11.6. The second-order valence-electron chi connectivity index (χ2n) is 15.4. The number of nitrogens with zero attached hydrogens (tertiary/aromatic N) is 1. The molecule has 9 aromatic rings. The summed E-state index contributed by atoms with van der Waals surface area (Å²) in [5.74, 6) is 0. The SMILES string of the molecule is CC1(C)c2cc(-c3ccc(N(c4ccccc4)c4ccc5cc(-c6ccccc6)ccc5c4)cc3)c(-c3ccccc3)cc2-c2c(-c3ccccc3)cccc21. The molecule has 0 spiro atoms. The van der Waals surface area contributed by atoms with Crippen molar-refractivity contribution in [2.45, 2.75) is 19.3 Å². The van der Waals surface area contributed by atoms with Crippen LogP contribution in [-0.4, -0.2) is 0 Å². The zero-order valence-electron chi connectivity index (χ0n) is 31.7. The Morgan fingerprint density at radius 2 is 0.804 bits per heavy atom. The monoisotopic (exact) mass is 715 g/mol. The summed E-state index contributed by atoms with van der Waals surface area (Å²) in [5.41, 5.74) is 18.5. The maximum atomic E-state index is 2.48. The van der Waals surface area contributed by atoms with Crippen LogP contribution in [0.2, 0.25) is 0 Å². The van der Waals surface area contributed by atoms with Crippen LogP contribution >= 0.6 is 0 Å². The molecule has 0 unspecified atom stereocenters. The molecule has 0 aliphatic heterocycles. The fourth-order valence-electron chi connectivity index (χ4n) is 8.78. The summed E-state index contributed by atoms with van der Waals surface area (Å²) in [4.78, 5) is 2.36. The zero-order valence-corrected chi connectivity index (χ0v) is 31.7. The van der Waals surface area contributed by atoms with Gasteiger partial charge >= 0.3 is 0 Å². The Kier molecular flexibility index (Phi) is 8.23. The molecule has 1 aliphatic carbocycles. The minimum absolute atomic E-state index is 0.151.